The van der Waals surface area contributed by atoms with E-state index in [4.69, 9.17) is 4.74 Å². The number of fused-ring (bicyclic) bond motifs is 2. The van der Waals surface area contributed by atoms with Crippen molar-refractivity contribution >= 4 is 22.7 Å². The summed E-state index contributed by atoms with van der Waals surface area (Å²) in [5.74, 6) is 2.22. The van der Waals surface area contributed by atoms with Gasteiger partial charge in [0.2, 0.25) is 0 Å². The fourth-order valence-electron chi connectivity index (χ4n) is 7.94. The molecule has 5 aromatic rings. The first kappa shape index (κ1) is 44.0. The molecule has 1 aliphatic heterocycles. The van der Waals surface area contributed by atoms with E-state index in [1.807, 2.05) is 44.2 Å². The third-order valence-corrected chi connectivity index (χ3v) is 12.1. The van der Waals surface area contributed by atoms with Gasteiger partial charge in [-0.3, -0.25) is 0 Å². The van der Waals surface area contributed by atoms with E-state index in [1.54, 1.807) is 0 Å². The van der Waals surface area contributed by atoms with Gasteiger partial charge in [-0.15, -0.1) is 0 Å². The Hall–Kier alpha value is -6.58. The summed E-state index contributed by atoms with van der Waals surface area (Å²) in [6, 6.07) is 44.8. The minimum absolute atomic E-state index is 0.0458. The third-order valence-electron chi connectivity index (χ3n) is 12.1. The monoisotopic (exact) mass is 802 g/mol. The summed E-state index contributed by atoms with van der Waals surface area (Å²) < 4.78 is 6.27. The first-order valence-corrected chi connectivity index (χ1v) is 21.7. The van der Waals surface area contributed by atoms with Crippen molar-refractivity contribution in [3.63, 3.8) is 0 Å². The van der Waals surface area contributed by atoms with E-state index in [2.05, 4.69) is 223 Å². The SMILES string of the molecule is C=C/C=C(\C=C/C(C)c1ccccc1)N(C1=C/C=C(\C)C(C)(C)C(C)/C(=C\C=C/C)C(C)=C1)c1ccc(-c2ccc(N3c4ccccc4Oc4ccccc43)cc2)cc1.CC. The van der Waals surface area contributed by atoms with Gasteiger partial charge in [0.05, 0.1) is 11.4 Å². The third kappa shape index (κ3) is 9.74. The van der Waals surface area contributed by atoms with Crippen LogP contribution in [0.25, 0.3) is 11.1 Å². The lowest BCUT2D eigenvalue weighted by molar-refractivity contribution is 0.330. The Morgan fingerprint density at radius 2 is 1.34 bits per heavy atom. The van der Waals surface area contributed by atoms with Crippen LogP contribution in [0.2, 0.25) is 0 Å². The summed E-state index contributed by atoms with van der Waals surface area (Å²) in [7, 11) is 0. The topological polar surface area (TPSA) is 15.7 Å². The molecule has 3 nitrogen and oxygen atoms in total. The van der Waals surface area contributed by atoms with Crippen LogP contribution < -0.4 is 14.5 Å². The molecule has 0 N–H and O–H groups in total. The summed E-state index contributed by atoms with van der Waals surface area (Å²) in [6.07, 6.45) is 22.0. The van der Waals surface area contributed by atoms with Crippen LogP contribution in [0.15, 0.2) is 223 Å². The highest BCUT2D eigenvalue weighted by Gasteiger charge is 2.32. The van der Waals surface area contributed by atoms with Crippen molar-refractivity contribution in [3.05, 3.63) is 228 Å². The van der Waals surface area contributed by atoms with E-state index in [0.29, 0.717) is 5.92 Å². The molecule has 0 aromatic heterocycles. The molecule has 310 valence electrons. The maximum absolute atomic E-state index is 6.27. The van der Waals surface area contributed by atoms with Gasteiger partial charge in [0.1, 0.15) is 0 Å². The molecular weight excluding hydrogens is 741 g/mol. The van der Waals surface area contributed by atoms with Crippen LogP contribution in [0.3, 0.4) is 0 Å². The number of nitrogens with zero attached hydrogens (tertiary/aromatic N) is 2. The molecule has 2 atom stereocenters. The molecule has 1 heterocycles. The average molecular weight is 803 g/mol. The first-order chi connectivity index (χ1) is 29.6. The quantitative estimate of drug-likeness (QED) is 0.128. The van der Waals surface area contributed by atoms with Crippen molar-refractivity contribution in [1.29, 1.82) is 0 Å². The van der Waals surface area contributed by atoms with Gasteiger partial charge >= 0.3 is 0 Å². The lowest BCUT2D eigenvalue weighted by atomic mass is 9.69. The number of para-hydroxylation sites is 4. The van der Waals surface area contributed by atoms with Crippen LogP contribution in [0.1, 0.15) is 73.8 Å². The van der Waals surface area contributed by atoms with Crippen molar-refractivity contribution < 1.29 is 4.74 Å². The predicted molar refractivity (Wildman–Crippen MR) is 264 cm³/mol. The van der Waals surface area contributed by atoms with Crippen LogP contribution in [0.4, 0.5) is 22.7 Å². The molecule has 7 rings (SSSR count). The molecule has 2 aliphatic rings. The smallest absolute Gasteiger partial charge is 0.151 e. The van der Waals surface area contributed by atoms with Gasteiger partial charge in [-0.1, -0.05) is 169 Å². The van der Waals surface area contributed by atoms with Gasteiger partial charge in [-0.2, -0.15) is 0 Å². The molecule has 0 fully saturated rings. The molecule has 0 saturated carbocycles. The number of ether oxygens (including phenoxy) is 1. The van der Waals surface area contributed by atoms with E-state index in [0.717, 1.165) is 56.8 Å². The largest absolute Gasteiger partial charge is 0.453 e. The van der Waals surface area contributed by atoms with Gasteiger partial charge in [0.15, 0.2) is 11.5 Å². The minimum atomic E-state index is -0.0458. The molecule has 1 aliphatic carbocycles. The summed E-state index contributed by atoms with van der Waals surface area (Å²) in [5.41, 5.74) is 13.7. The zero-order valence-electron chi connectivity index (χ0n) is 37.6. The van der Waals surface area contributed by atoms with Crippen LogP contribution in [0.5, 0.6) is 11.5 Å². The predicted octanol–water partition coefficient (Wildman–Crippen LogP) is 17.1. The highest BCUT2D eigenvalue weighted by atomic mass is 16.5. The van der Waals surface area contributed by atoms with E-state index in [1.165, 1.54) is 22.3 Å². The van der Waals surface area contributed by atoms with Gasteiger partial charge in [-0.25, -0.2) is 0 Å². The fourth-order valence-corrected chi connectivity index (χ4v) is 7.94. The zero-order valence-corrected chi connectivity index (χ0v) is 37.6. The van der Waals surface area contributed by atoms with Crippen molar-refractivity contribution in [2.75, 3.05) is 9.80 Å². The van der Waals surface area contributed by atoms with E-state index in [-0.39, 0.29) is 11.3 Å². The summed E-state index contributed by atoms with van der Waals surface area (Å²) in [4.78, 5) is 4.63. The van der Waals surface area contributed by atoms with Gasteiger partial charge in [0.25, 0.3) is 0 Å². The molecular formula is C58H62N2O. The van der Waals surface area contributed by atoms with E-state index in [9.17, 15) is 0 Å². The fraction of sp³-hybridized carbons (Fsp3) is 0.207. The summed E-state index contributed by atoms with van der Waals surface area (Å²) in [6.45, 7) is 24.1. The molecule has 3 heteroatoms. The molecule has 0 amide bonds. The van der Waals surface area contributed by atoms with Gasteiger partial charge in [-0.05, 0) is 139 Å². The molecule has 61 heavy (non-hydrogen) atoms. The van der Waals surface area contributed by atoms with Crippen LogP contribution >= 0.6 is 0 Å². The maximum Gasteiger partial charge on any atom is 0.151 e. The second kappa shape index (κ2) is 20.1. The Morgan fingerprint density at radius 3 is 1.93 bits per heavy atom. The molecule has 2 unspecified atom stereocenters. The Labute approximate surface area is 366 Å². The molecule has 5 aromatic carbocycles. The number of allylic oxidation sites excluding steroid dienone is 13. The molecule has 0 radical (unpaired) electrons. The normalized spacial score (nSPS) is 18.1. The Kier molecular flexibility index (Phi) is 14.5. The molecule has 0 bridgehead atoms. The average Bonchev–Trinajstić information content (AvgIpc) is 3.32. The molecule has 0 saturated heterocycles. The van der Waals surface area contributed by atoms with Crippen LogP contribution in [-0.2, 0) is 0 Å². The Balaban J connectivity index is 0.00000307. The van der Waals surface area contributed by atoms with Gasteiger partial charge < -0.3 is 14.5 Å². The number of anilines is 4. The van der Waals surface area contributed by atoms with Crippen LogP contribution in [-0.4, -0.2) is 0 Å². The van der Waals surface area contributed by atoms with E-state index >= 15 is 0 Å². The lowest BCUT2D eigenvalue weighted by Gasteiger charge is -2.35. The van der Waals surface area contributed by atoms with Gasteiger partial charge in [0, 0.05) is 22.8 Å². The zero-order chi connectivity index (χ0) is 43.5. The minimum Gasteiger partial charge on any atom is -0.453 e. The maximum atomic E-state index is 6.27. The first-order valence-electron chi connectivity index (χ1n) is 21.7. The number of hydrogen-bond acceptors (Lipinski definition) is 3. The molecule has 0 spiro atoms. The lowest BCUT2D eigenvalue weighted by Crippen LogP contribution is -2.25. The standard InChI is InChI=1S/C56H56N2O.C2H6/c1-9-11-22-51-41(4)39-50(34-28-42(5)56(7,8)43(51)6)57(47(19-10-2)33-27-40(3)44-20-13-12-14-21-44)48-35-29-45(30-36-48)46-31-37-49(38-32-46)58-52-23-15-17-25-54(52)59-55-26-18-16-24-53(55)58;1-2/h9-40,43H,2H2,1,3-8H3;1-2H3/b11-9-,33-27-,41-39?,42-28+,47-19+,50-34?,51-22-;. The second-order valence-corrected chi connectivity index (χ2v) is 16.0. The van der Waals surface area contributed by atoms with E-state index < -0.39 is 0 Å². The van der Waals surface area contributed by atoms with Crippen molar-refractivity contribution in [2.24, 2.45) is 11.3 Å². The van der Waals surface area contributed by atoms with Crippen molar-refractivity contribution in [1.82, 2.24) is 0 Å². The Bertz CT molecular complexity index is 2460. The second-order valence-electron chi connectivity index (χ2n) is 16.0. The summed E-state index contributed by atoms with van der Waals surface area (Å²) in [5, 5.41) is 0. The van der Waals surface area contributed by atoms with Crippen LogP contribution in [0, 0.1) is 11.3 Å². The summed E-state index contributed by atoms with van der Waals surface area (Å²) >= 11 is 0. The number of benzene rings is 5. The number of hydrogen-bond donors (Lipinski definition) is 0. The Morgan fingerprint density at radius 1 is 0.770 bits per heavy atom. The number of rotatable bonds is 10. The highest BCUT2D eigenvalue weighted by Crippen LogP contribution is 2.50. The van der Waals surface area contributed by atoms with Crippen molar-refractivity contribution in [2.45, 2.75) is 68.2 Å². The highest BCUT2D eigenvalue weighted by molar-refractivity contribution is 5.86. The van der Waals surface area contributed by atoms with Crippen molar-refractivity contribution in [3.8, 4) is 22.6 Å².